The Kier molecular flexibility index (Phi) is 8.69. The van der Waals surface area contributed by atoms with Gasteiger partial charge in [-0.05, 0) is 43.5 Å². The van der Waals surface area contributed by atoms with Crippen molar-refractivity contribution in [2.45, 2.75) is 19.3 Å². The fourth-order valence-corrected chi connectivity index (χ4v) is 4.35. The highest BCUT2D eigenvalue weighted by Gasteiger charge is 2.19. The molecule has 0 bridgehead atoms. The number of carbonyl (C=O) groups is 1. The molecule has 0 saturated carbocycles. The first-order chi connectivity index (χ1) is 17.2. The highest BCUT2D eigenvalue weighted by molar-refractivity contribution is 6.08. The molecule has 3 heterocycles. The zero-order valence-corrected chi connectivity index (χ0v) is 20.0. The molecule has 0 unspecified atom stereocenters. The summed E-state index contributed by atoms with van der Waals surface area (Å²) in [7, 11) is 0. The fraction of sp³-hybridized carbons (Fsp3) is 0.423. The van der Waals surface area contributed by atoms with Crippen LogP contribution in [0, 0.1) is 5.41 Å². The third kappa shape index (κ3) is 6.58. The molecule has 1 amide bonds. The van der Waals surface area contributed by atoms with E-state index in [4.69, 9.17) is 20.6 Å². The molecular formula is C26H34N6O3. The average Bonchev–Trinajstić information content (AvgIpc) is 2.91. The van der Waals surface area contributed by atoms with Crippen LogP contribution in [0.3, 0.4) is 0 Å². The van der Waals surface area contributed by atoms with Gasteiger partial charge in [0.2, 0.25) is 0 Å². The number of nitrogens with zero attached hydrogens (tertiary/aromatic N) is 3. The molecule has 2 fully saturated rings. The maximum absolute atomic E-state index is 13.2. The third-order valence-electron chi connectivity index (χ3n) is 6.31. The number of anilines is 2. The minimum Gasteiger partial charge on any atom is -0.492 e. The first-order valence-corrected chi connectivity index (χ1v) is 12.2. The summed E-state index contributed by atoms with van der Waals surface area (Å²) in [4.78, 5) is 22.2. The van der Waals surface area contributed by atoms with E-state index in [-0.39, 0.29) is 11.6 Å². The van der Waals surface area contributed by atoms with E-state index in [0.717, 1.165) is 70.7 Å². The van der Waals surface area contributed by atoms with Crippen LogP contribution in [-0.4, -0.2) is 74.6 Å². The maximum atomic E-state index is 13.2. The van der Waals surface area contributed by atoms with E-state index in [0.29, 0.717) is 29.3 Å². The van der Waals surface area contributed by atoms with Gasteiger partial charge >= 0.3 is 0 Å². The van der Waals surface area contributed by atoms with E-state index in [1.54, 1.807) is 18.2 Å². The van der Waals surface area contributed by atoms with E-state index >= 15 is 0 Å². The van der Waals surface area contributed by atoms with Gasteiger partial charge in [0.15, 0.2) is 0 Å². The minimum atomic E-state index is -0.322. The van der Waals surface area contributed by atoms with Gasteiger partial charge in [-0.15, -0.1) is 0 Å². The van der Waals surface area contributed by atoms with Gasteiger partial charge in [0, 0.05) is 56.8 Å². The summed E-state index contributed by atoms with van der Waals surface area (Å²) in [6.45, 7) is 6.68. The van der Waals surface area contributed by atoms with Crippen molar-refractivity contribution in [2.75, 3.05) is 62.8 Å². The van der Waals surface area contributed by atoms with Crippen LogP contribution < -0.4 is 20.7 Å². The summed E-state index contributed by atoms with van der Waals surface area (Å²) in [5.41, 5.74) is 8.46. The SMILES string of the molecule is N=C/C(=C\N)c1cccc(C(=O)Nc2cc(OCCN3CCOCC3)ccc2N2CCCCC2)n1. The topological polar surface area (TPSA) is 117 Å². The van der Waals surface area contributed by atoms with Crippen LogP contribution in [0.15, 0.2) is 42.6 Å². The molecule has 186 valence electrons. The predicted molar refractivity (Wildman–Crippen MR) is 138 cm³/mol. The second-order valence-corrected chi connectivity index (χ2v) is 8.66. The average molecular weight is 479 g/mol. The third-order valence-corrected chi connectivity index (χ3v) is 6.31. The highest BCUT2D eigenvalue weighted by atomic mass is 16.5. The molecule has 2 aliphatic heterocycles. The molecule has 0 aliphatic carbocycles. The highest BCUT2D eigenvalue weighted by Crippen LogP contribution is 2.32. The number of carbonyl (C=O) groups excluding carboxylic acids is 1. The van der Waals surface area contributed by atoms with Crippen LogP contribution in [0.25, 0.3) is 5.57 Å². The number of nitrogens with one attached hydrogen (secondary N) is 2. The molecule has 4 N–H and O–H groups in total. The fourth-order valence-electron chi connectivity index (χ4n) is 4.35. The van der Waals surface area contributed by atoms with E-state index in [1.807, 2.05) is 18.2 Å². The standard InChI is InChI=1S/C26H34N6O3/c27-18-20(19-28)22-5-4-6-23(29-22)26(33)30-24-17-21(35-16-13-31-11-14-34-15-12-31)7-8-25(24)32-9-2-1-3-10-32/h4-8,17-19,27H,1-3,9-16,28H2,(H,30,33)/b20-19+,27-18?. The molecule has 2 aromatic rings. The summed E-state index contributed by atoms with van der Waals surface area (Å²) in [6, 6.07) is 11.0. The lowest BCUT2D eigenvalue weighted by Crippen LogP contribution is -2.38. The van der Waals surface area contributed by atoms with Crippen molar-refractivity contribution in [3.05, 3.63) is 54.0 Å². The number of allylic oxidation sites excluding steroid dienone is 1. The number of piperidine rings is 1. The summed E-state index contributed by atoms with van der Waals surface area (Å²) in [6.07, 6.45) is 5.92. The van der Waals surface area contributed by atoms with Crippen molar-refractivity contribution >= 4 is 29.1 Å². The number of rotatable bonds is 9. The number of amides is 1. The summed E-state index contributed by atoms with van der Waals surface area (Å²) < 4.78 is 11.4. The Morgan fingerprint density at radius 3 is 2.63 bits per heavy atom. The van der Waals surface area contributed by atoms with Gasteiger partial charge < -0.3 is 30.8 Å². The number of nitrogens with two attached hydrogens (primary N) is 1. The lowest BCUT2D eigenvalue weighted by molar-refractivity contribution is 0.0322. The number of morpholine rings is 1. The Hall–Kier alpha value is -3.43. The molecule has 2 aliphatic rings. The molecule has 4 rings (SSSR count). The lowest BCUT2D eigenvalue weighted by atomic mass is 10.1. The summed E-state index contributed by atoms with van der Waals surface area (Å²) in [5, 5.41) is 10.5. The zero-order chi connectivity index (χ0) is 24.5. The molecule has 1 aromatic heterocycles. The van der Waals surface area contributed by atoms with Gasteiger partial charge in [0.25, 0.3) is 5.91 Å². The van der Waals surface area contributed by atoms with Gasteiger partial charge in [-0.25, -0.2) is 4.98 Å². The summed E-state index contributed by atoms with van der Waals surface area (Å²) in [5.74, 6) is 0.394. The smallest absolute Gasteiger partial charge is 0.274 e. The maximum Gasteiger partial charge on any atom is 0.274 e. The number of pyridine rings is 1. The number of hydrogen-bond acceptors (Lipinski definition) is 8. The van der Waals surface area contributed by atoms with E-state index in [2.05, 4.69) is 20.1 Å². The second-order valence-electron chi connectivity index (χ2n) is 8.66. The Bertz CT molecular complexity index is 1050. The van der Waals surface area contributed by atoms with Crippen LogP contribution >= 0.6 is 0 Å². The first-order valence-electron chi connectivity index (χ1n) is 12.2. The number of ether oxygens (including phenoxy) is 2. The number of hydrogen-bond donors (Lipinski definition) is 3. The Morgan fingerprint density at radius 1 is 1.11 bits per heavy atom. The van der Waals surface area contributed by atoms with Crippen LogP contribution in [0.4, 0.5) is 11.4 Å². The quantitative estimate of drug-likeness (QED) is 0.474. The van der Waals surface area contributed by atoms with E-state index < -0.39 is 0 Å². The minimum absolute atomic E-state index is 0.256. The van der Waals surface area contributed by atoms with Gasteiger partial charge in [0.1, 0.15) is 18.1 Å². The van der Waals surface area contributed by atoms with Crippen molar-refractivity contribution in [2.24, 2.45) is 5.73 Å². The Balaban J connectivity index is 1.51. The number of aromatic nitrogens is 1. The molecule has 35 heavy (non-hydrogen) atoms. The predicted octanol–water partition coefficient (Wildman–Crippen LogP) is 2.98. The van der Waals surface area contributed by atoms with Gasteiger partial charge in [-0.1, -0.05) is 6.07 Å². The van der Waals surface area contributed by atoms with Crippen LogP contribution in [0.5, 0.6) is 5.75 Å². The van der Waals surface area contributed by atoms with Crippen molar-refractivity contribution < 1.29 is 14.3 Å². The zero-order valence-electron chi connectivity index (χ0n) is 20.0. The number of benzene rings is 1. The van der Waals surface area contributed by atoms with Crippen molar-refractivity contribution in [3.8, 4) is 5.75 Å². The summed E-state index contributed by atoms with van der Waals surface area (Å²) >= 11 is 0. The normalized spacial score (nSPS) is 17.1. The molecular weight excluding hydrogens is 444 g/mol. The monoisotopic (exact) mass is 478 g/mol. The van der Waals surface area contributed by atoms with Gasteiger partial charge in [-0.2, -0.15) is 0 Å². The second kappa shape index (κ2) is 12.3. The molecule has 0 atom stereocenters. The molecule has 0 spiro atoms. The molecule has 1 aromatic carbocycles. The molecule has 9 nitrogen and oxygen atoms in total. The van der Waals surface area contributed by atoms with Crippen LogP contribution in [0.2, 0.25) is 0 Å². The first kappa shape index (κ1) is 24.7. The van der Waals surface area contributed by atoms with Crippen molar-refractivity contribution in [1.82, 2.24) is 9.88 Å². The largest absolute Gasteiger partial charge is 0.492 e. The lowest BCUT2D eigenvalue weighted by Gasteiger charge is -2.31. The molecule has 2 saturated heterocycles. The van der Waals surface area contributed by atoms with Gasteiger partial charge in [-0.3, -0.25) is 9.69 Å². The van der Waals surface area contributed by atoms with Crippen molar-refractivity contribution in [3.63, 3.8) is 0 Å². The Labute approximate surface area is 206 Å². The van der Waals surface area contributed by atoms with Crippen molar-refractivity contribution in [1.29, 1.82) is 5.41 Å². The van der Waals surface area contributed by atoms with Gasteiger partial charge in [0.05, 0.1) is 30.3 Å². The van der Waals surface area contributed by atoms with E-state index in [9.17, 15) is 4.79 Å². The molecule has 9 heteroatoms. The Morgan fingerprint density at radius 2 is 1.89 bits per heavy atom. The van der Waals surface area contributed by atoms with E-state index in [1.165, 1.54) is 12.6 Å². The van der Waals surface area contributed by atoms with Crippen LogP contribution in [-0.2, 0) is 4.74 Å². The van der Waals surface area contributed by atoms with Crippen LogP contribution in [0.1, 0.15) is 35.4 Å². The molecule has 0 radical (unpaired) electrons.